The SMILES string of the molecule is C=C(COC)Cc1ccc(-c2ccc(O)c3c2C[C@]2(C)C[C@]4(C)C(C(C)C)C(=O)C(C(C)=O)C(=O)[C@]4(O)C(=O)C2C3=O)cc1. The van der Waals surface area contributed by atoms with Gasteiger partial charge in [0.25, 0.3) is 0 Å². The van der Waals surface area contributed by atoms with Crippen LogP contribution < -0.4 is 0 Å². The van der Waals surface area contributed by atoms with Gasteiger partial charge in [0, 0.05) is 18.4 Å². The van der Waals surface area contributed by atoms with Crippen molar-refractivity contribution in [1.82, 2.24) is 0 Å². The van der Waals surface area contributed by atoms with E-state index in [2.05, 4.69) is 6.58 Å². The lowest BCUT2D eigenvalue weighted by molar-refractivity contribution is -0.205. The van der Waals surface area contributed by atoms with E-state index in [0.717, 1.165) is 29.2 Å². The van der Waals surface area contributed by atoms with Crippen molar-refractivity contribution in [3.8, 4) is 16.9 Å². The van der Waals surface area contributed by atoms with Crippen LogP contribution in [0.4, 0.5) is 0 Å². The second-order valence-electron chi connectivity index (χ2n) is 13.9. The fraction of sp³-hybridized carbons (Fsp3) is 0.472. The van der Waals surface area contributed by atoms with E-state index in [9.17, 15) is 34.2 Å². The fourth-order valence-electron chi connectivity index (χ4n) is 8.75. The molecule has 8 nitrogen and oxygen atoms in total. The first-order valence-corrected chi connectivity index (χ1v) is 15.0. The molecule has 2 aromatic carbocycles. The predicted molar refractivity (Wildman–Crippen MR) is 163 cm³/mol. The minimum atomic E-state index is -2.71. The molecule has 8 heteroatoms. The zero-order valence-electron chi connectivity index (χ0n) is 26.2. The van der Waals surface area contributed by atoms with Gasteiger partial charge in [0.1, 0.15) is 17.5 Å². The van der Waals surface area contributed by atoms with Crippen LogP contribution >= 0.6 is 0 Å². The van der Waals surface area contributed by atoms with Crippen molar-refractivity contribution in [2.24, 2.45) is 34.5 Å². The zero-order chi connectivity index (χ0) is 32.5. The van der Waals surface area contributed by atoms with E-state index < -0.39 is 69.0 Å². The summed E-state index contributed by atoms with van der Waals surface area (Å²) in [6, 6.07) is 11.0. The lowest BCUT2D eigenvalue weighted by atomic mass is 9.40. The Bertz CT molecular complexity index is 1620. The number of benzene rings is 2. The van der Waals surface area contributed by atoms with Gasteiger partial charge in [0.15, 0.2) is 28.7 Å². The third kappa shape index (κ3) is 4.37. The van der Waals surface area contributed by atoms with Gasteiger partial charge in [-0.1, -0.05) is 64.6 Å². The largest absolute Gasteiger partial charge is 0.507 e. The zero-order valence-corrected chi connectivity index (χ0v) is 26.2. The Morgan fingerprint density at radius 1 is 1.05 bits per heavy atom. The molecular formula is C36H40O8. The fourth-order valence-corrected chi connectivity index (χ4v) is 8.75. The molecule has 0 aliphatic heterocycles. The Labute approximate surface area is 257 Å². The quantitative estimate of drug-likeness (QED) is 0.350. The second-order valence-corrected chi connectivity index (χ2v) is 13.9. The maximum absolute atomic E-state index is 14.4. The molecule has 0 saturated heterocycles. The van der Waals surface area contributed by atoms with Crippen LogP contribution in [0, 0.1) is 34.5 Å². The summed E-state index contributed by atoms with van der Waals surface area (Å²) < 4.78 is 5.16. The number of aromatic hydroxyl groups is 1. The van der Waals surface area contributed by atoms with Crippen LogP contribution in [-0.2, 0) is 36.8 Å². The van der Waals surface area contributed by atoms with Gasteiger partial charge in [0.05, 0.1) is 18.1 Å². The lowest BCUT2D eigenvalue weighted by Gasteiger charge is -2.61. The number of hydrogen-bond donors (Lipinski definition) is 2. The van der Waals surface area contributed by atoms with Crippen molar-refractivity contribution < 1.29 is 38.9 Å². The number of fused-ring (bicyclic) bond motifs is 3. The molecule has 2 fully saturated rings. The first-order valence-electron chi connectivity index (χ1n) is 15.0. The van der Waals surface area contributed by atoms with Gasteiger partial charge in [-0.3, -0.25) is 24.0 Å². The summed E-state index contributed by atoms with van der Waals surface area (Å²) in [4.78, 5) is 68.7. The molecule has 0 spiro atoms. The van der Waals surface area contributed by atoms with E-state index in [1.54, 1.807) is 40.9 Å². The number of rotatable bonds is 7. The summed E-state index contributed by atoms with van der Waals surface area (Å²) in [5, 5.41) is 23.1. The normalized spacial score (nSPS) is 31.4. The molecule has 44 heavy (non-hydrogen) atoms. The maximum atomic E-state index is 14.4. The molecule has 0 aromatic heterocycles. The maximum Gasteiger partial charge on any atom is 0.190 e. The summed E-state index contributed by atoms with van der Waals surface area (Å²) in [5.41, 5.74) is -1.28. The first kappa shape index (κ1) is 31.7. The number of Topliss-reactive ketones (excluding diaryl/α,β-unsaturated/α-hetero) is 5. The van der Waals surface area contributed by atoms with Crippen LogP contribution in [0.25, 0.3) is 11.1 Å². The third-order valence-corrected chi connectivity index (χ3v) is 10.3. The first-order chi connectivity index (χ1) is 20.5. The standard InChI is InChI=1S/C36H40O8/c1-18(2)28-30(39)26(20(4)37)32(41)36(43)33(42)29-31(40)27-24(15-34(29,5)17-35(28,36)6)23(12-13-25(27)38)22-10-8-21(9-11-22)14-19(3)16-44-7/h8-13,18,26,28-29,38,43H,3,14-17H2,1-2,4-7H3/t26?,28?,29?,34-,35-,36+/m1/s1. The Balaban J connectivity index is 1.64. The van der Waals surface area contributed by atoms with Crippen molar-refractivity contribution in [3.63, 3.8) is 0 Å². The number of ether oxygens (including phenoxy) is 1. The molecule has 0 amide bonds. The van der Waals surface area contributed by atoms with Gasteiger partial charge >= 0.3 is 0 Å². The molecule has 2 N–H and O–H groups in total. The molecule has 232 valence electrons. The van der Waals surface area contributed by atoms with E-state index in [-0.39, 0.29) is 24.2 Å². The van der Waals surface area contributed by atoms with Crippen LogP contribution in [0.5, 0.6) is 5.75 Å². The molecule has 5 rings (SSSR count). The second kappa shape index (κ2) is 10.7. The Morgan fingerprint density at radius 3 is 2.25 bits per heavy atom. The number of aliphatic hydroxyl groups is 1. The van der Waals surface area contributed by atoms with Crippen molar-refractivity contribution in [3.05, 3.63) is 65.2 Å². The average Bonchev–Trinajstić information content (AvgIpc) is 2.91. The van der Waals surface area contributed by atoms with Crippen molar-refractivity contribution >= 4 is 28.9 Å². The minimum Gasteiger partial charge on any atom is -0.507 e. The number of phenols is 1. The van der Waals surface area contributed by atoms with Gasteiger partial charge in [-0.15, -0.1) is 0 Å². The van der Waals surface area contributed by atoms with Crippen molar-refractivity contribution in [2.75, 3.05) is 13.7 Å². The monoisotopic (exact) mass is 600 g/mol. The number of hydrogen-bond acceptors (Lipinski definition) is 8. The van der Waals surface area contributed by atoms with Crippen LogP contribution in [0.15, 0.2) is 48.6 Å². The molecule has 0 heterocycles. The predicted octanol–water partition coefficient (Wildman–Crippen LogP) is 4.51. The smallest absolute Gasteiger partial charge is 0.190 e. The highest BCUT2D eigenvalue weighted by Crippen LogP contribution is 2.64. The van der Waals surface area contributed by atoms with Crippen LogP contribution in [0.1, 0.15) is 62.5 Å². The van der Waals surface area contributed by atoms with E-state index >= 15 is 0 Å². The molecule has 3 aliphatic rings. The number of carbonyl (C=O) groups excluding carboxylic acids is 5. The summed E-state index contributed by atoms with van der Waals surface area (Å²) in [6.45, 7) is 12.5. The Hall–Kier alpha value is -3.75. The highest BCUT2D eigenvalue weighted by atomic mass is 16.5. The third-order valence-electron chi connectivity index (χ3n) is 10.3. The molecule has 0 bridgehead atoms. The Kier molecular flexibility index (Phi) is 7.70. The lowest BCUT2D eigenvalue weighted by Crippen LogP contribution is -2.76. The molecule has 6 atom stereocenters. The molecule has 3 aliphatic carbocycles. The summed E-state index contributed by atoms with van der Waals surface area (Å²) >= 11 is 0. The minimum absolute atomic E-state index is 0.00839. The molecule has 2 saturated carbocycles. The molecular weight excluding hydrogens is 560 g/mol. The van der Waals surface area contributed by atoms with Gasteiger partial charge in [-0.2, -0.15) is 0 Å². The average molecular weight is 601 g/mol. The number of methoxy groups -OCH3 is 1. The highest BCUT2D eigenvalue weighted by Gasteiger charge is 2.76. The van der Waals surface area contributed by atoms with Gasteiger partial charge in [-0.25, -0.2) is 0 Å². The van der Waals surface area contributed by atoms with E-state index in [4.69, 9.17) is 4.74 Å². The van der Waals surface area contributed by atoms with Gasteiger partial charge in [0.2, 0.25) is 0 Å². The van der Waals surface area contributed by atoms with Crippen LogP contribution in [-0.4, -0.2) is 58.4 Å². The van der Waals surface area contributed by atoms with Crippen molar-refractivity contribution in [2.45, 2.75) is 59.5 Å². The summed E-state index contributed by atoms with van der Waals surface area (Å²) in [7, 11) is 1.62. The topological polar surface area (TPSA) is 135 Å². The van der Waals surface area contributed by atoms with Crippen LogP contribution in [0.2, 0.25) is 0 Å². The molecule has 3 unspecified atom stereocenters. The summed E-state index contributed by atoms with van der Waals surface area (Å²) in [5.74, 6) is -9.01. The highest BCUT2D eigenvalue weighted by molar-refractivity contribution is 6.32. The van der Waals surface area contributed by atoms with Crippen molar-refractivity contribution in [1.29, 1.82) is 0 Å². The molecule has 2 aromatic rings. The van der Waals surface area contributed by atoms with E-state index in [1.165, 1.54) is 6.07 Å². The van der Waals surface area contributed by atoms with E-state index in [1.807, 2.05) is 24.3 Å². The molecule has 0 radical (unpaired) electrons. The Morgan fingerprint density at radius 2 is 1.68 bits per heavy atom. The van der Waals surface area contributed by atoms with Gasteiger partial charge < -0.3 is 14.9 Å². The van der Waals surface area contributed by atoms with E-state index in [0.29, 0.717) is 18.6 Å². The van der Waals surface area contributed by atoms with Crippen LogP contribution in [0.3, 0.4) is 0 Å². The van der Waals surface area contributed by atoms with Gasteiger partial charge in [-0.05, 0) is 71.4 Å². The summed E-state index contributed by atoms with van der Waals surface area (Å²) in [6.07, 6.45) is 0.844. The number of carbonyl (C=O) groups is 5. The number of ketones is 5. The number of phenolic OH excluding ortho intramolecular Hbond substituents is 1.